The molecule has 0 radical (unpaired) electrons. The van der Waals surface area contributed by atoms with Crippen LogP contribution >= 0.6 is 11.8 Å². The zero-order valence-electron chi connectivity index (χ0n) is 20.5. The number of anilines is 1. The molecule has 0 saturated carbocycles. The number of methoxy groups -OCH3 is 2. The highest BCUT2D eigenvalue weighted by Gasteiger charge is 2.24. The molecule has 1 aromatic heterocycles. The topological polar surface area (TPSA) is 108 Å². The highest BCUT2D eigenvalue weighted by atomic mass is 32.2. The minimum Gasteiger partial charge on any atom is -0.493 e. The Bertz CT molecular complexity index is 1260. The summed E-state index contributed by atoms with van der Waals surface area (Å²) in [6.45, 7) is 6.19. The average Bonchev–Trinajstić information content (AvgIpc) is 3.18. The van der Waals surface area contributed by atoms with Crippen molar-refractivity contribution in [2.75, 3.05) is 18.9 Å². The van der Waals surface area contributed by atoms with Gasteiger partial charge >= 0.3 is 0 Å². The number of unbranched alkanes of at least 4 members (excludes halogenated alkanes) is 1. The minimum absolute atomic E-state index is 0.0887. The second-order valence-electron chi connectivity index (χ2n) is 8.84. The number of hydrogen-bond donors (Lipinski definition) is 1. The van der Waals surface area contributed by atoms with E-state index < -0.39 is 10.0 Å². The number of sulfonamides is 1. The van der Waals surface area contributed by atoms with Crippen molar-refractivity contribution in [1.29, 1.82) is 0 Å². The van der Waals surface area contributed by atoms with Gasteiger partial charge in [-0.1, -0.05) is 49.8 Å². The molecule has 0 aliphatic heterocycles. The Labute approximate surface area is 210 Å². The largest absolute Gasteiger partial charge is 0.493 e. The van der Waals surface area contributed by atoms with Crippen LogP contribution < -0.4 is 14.2 Å². The van der Waals surface area contributed by atoms with Gasteiger partial charge in [0.15, 0.2) is 23.1 Å². The lowest BCUT2D eigenvalue weighted by Crippen LogP contribution is -2.15. The third-order valence-electron chi connectivity index (χ3n) is 5.28. The second-order valence-corrected chi connectivity index (χ2v) is 11.6. The molecule has 0 atom stereocenters. The number of aromatic nitrogens is 1. The Balaban J connectivity index is 1.93. The maximum absolute atomic E-state index is 13.1. The first-order valence-corrected chi connectivity index (χ1v) is 13.3. The number of nitrogens with one attached hydrogen (secondary N) is 1. The molecule has 0 fully saturated rings. The van der Waals surface area contributed by atoms with Crippen LogP contribution in [0.1, 0.15) is 44.9 Å². The summed E-state index contributed by atoms with van der Waals surface area (Å²) < 4.78 is 45.0. The normalized spacial score (nSPS) is 11.8. The number of carbonyl (C=O) groups is 1. The van der Waals surface area contributed by atoms with E-state index in [-0.39, 0.29) is 16.1 Å². The van der Waals surface area contributed by atoms with Crippen molar-refractivity contribution in [3.8, 4) is 11.5 Å². The first-order chi connectivity index (χ1) is 16.6. The Kier molecular flexibility index (Phi) is 8.50. The van der Waals surface area contributed by atoms with Crippen molar-refractivity contribution >= 4 is 33.9 Å². The summed E-state index contributed by atoms with van der Waals surface area (Å²) in [4.78, 5) is 12.2. The van der Waals surface area contributed by atoms with Gasteiger partial charge in [-0.25, -0.2) is 8.42 Å². The van der Waals surface area contributed by atoms with E-state index in [4.69, 9.17) is 14.0 Å². The molecule has 0 bridgehead atoms. The van der Waals surface area contributed by atoms with Crippen LogP contribution in [0.15, 0.2) is 61.7 Å². The second kappa shape index (κ2) is 11.2. The predicted octanol–water partition coefficient (Wildman–Crippen LogP) is 5.46. The van der Waals surface area contributed by atoms with E-state index in [1.165, 1.54) is 11.8 Å². The number of ether oxygens (including phenoxy) is 2. The number of hydrogen-bond acceptors (Lipinski definition) is 8. The fourth-order valence-corrected chi connectivity index (χ4v) is 5.36. The molecule has 0 saturated heterocycles. The molecule has 0 amide bonds. The third-order valence-corrected chi connectivity index (χ3v) is 7.75. The lowest BCUT2D eigenvalue weighted by Gasteiger charge is -2.19. The van der Waals surface area contributed by atoms with Crippen molar-refractivity contribution in [3.05, 3.63) is 53.8 Å². The van der Waals surface area contributed by atoms with Crippen LogP contribution in [0, 0.1) is 0 Å². The smallest absolute Gasteiger partial charge is 0.263 e. The Morgan fingerprint density at radius 2 is 1.74 bits per heavy atom. The molecular weight excluding hydrogens is 488 g/mol. The number of benzene rings is 2. The standard InChI is InChI=1S/C25H30N2O6S2/c1-25(2,3)17-9-12-19(13-10-17)35(29,30)27-24-23(21(33-26-24)8-6-7-15-28)34-18-11-14-20(31-4)22(16-18)32-5/h9-16H,6-8H2,1-5H3,(H,26,27). The van der Waals surface area contributed by atoms with Crippen LogP contribution in [0.4, 0.5) is 5.82 Å². The summed E-state index contributed by atoms with van der Waals surface area (Å²) in [6, 6.07) is 12.2. The maximum Gasteiger partial charge on any atom is 0.263 e. The van der Waals surface area contributed by atoms with Gasteiger partial charge in [0.25, 0.3) is 10.0 Å². The summed E-state index contributed by atoms with van der Waals surface area (Å²) in [7, 11) is -0.817. The zero-order chi connectivity index (χ0) is 25.6. The maximum atomic E-state index is 13.1. The first-order valence-electron chi connectivity index (χ1n) is 11.0. The van der Waals surface area contributed by atoms with Gasteiger partial charge in [-0.05, 0) is 47.7 Å². The molecule has 35 heavy (non-hydrogen) atoms. The quantitative estimate of drug-likeness (QED) is 0.263. The molecule has 0 aliphatic rings. The van der Waals surface area contributed by atoms with Gasteiger partial charge in [-0.3, -0.25) is 4.72 Å². The molecule has 3 rings (SSSR count). The van der Waals surface area contributed by atoms with E-state index in [0.717, 1.165) is 16.7 Å². The van der Waals surface area contributed by atoms with Gasteiger partial charge in [0, 0.05) is 17.7 Å². The molecule has 8 nitrogen and oxygen atoms in total. The summed E-state index contributed by atoms with van der Waals surface area (Å²) in [5, 5.41) is 4.00. The number of nitrogens with zero attached hydrogens (tertiary/aromatic N) is 1. The van der Waals surface area contributed by atoms with E-state index in [1.807, 2.05) is 18.2 Å². The fourth-order valence-electron chi connectivity index (χ4n) is 3.31. The summed E-state index contributed by atoms with van der Waals surface area (Å²) >= 11 is 1.29. The van der Waals surface area contributed by atoms with Crippen LogP contribution in [0.3, 0.4) is 0 Å². The van der Waals surface area contributed by atoms with Crippen LogP contribution in [0.5, 0.6) is 11.5 Å². The van der Waals surface area contributed by atoms with Crippen molar-refractivity contribution in [2.45, 2.75) is 60.1 Å². The van der Waals surface area contributed by atoms with Crippen LogP contribution in [-0.2, 0) is 26.7 Å². The molecule has 0 aliphatic carbocycles. The zero-order valence-corrected chi connectivity index (χ0v) is 22.1. The number of carbonyl (C=O) groups excluding carboxylic acids is 1. The molecule has 1 N–H and O–H groups in total. The molecule has 2 aromatic carbocycles. The van der Waals surface area contributed by atoms with Gasteiger partial charge in [0.1, 0.15) is 11.2 Å². The molecule has 0 unspecified atom stereocenters. The van der Waals surface area contributed by atoms with E-state index >= 15 is 0 Å². The van der Waals surface area contributed by atoms with Gasteiger partial charge < -0.3 is 18.8 Å². The SMILES string of the molecule is COc1ccc(Sc2c(NS(=O)(=O)c3ccc(C(C)(C)C)cc3)noc2CCCC=O)cc1OC. The number of rotatable bonds is 11. The fraction of sp³-hybridized carbons (Fsp3) is 0.360. The van der Waals surface area contributed by atoms with Crippen molar-refractivity contribution in [3.63, 3.8) is 0 Å². The highest BCUT2D eigenvalue weighted by Crippen LogP contribution is 2.41. The molecule has 10 heteroatoms. The first kappa shape index (κ1) is 26.6. The van der Waals surface area contributed by atoms with Gasteiger partial charge in [-0.15, -0.1) is 0 Å². The Hall–Kier alpha value is -2.98. The lowest BCUT2D eigenvalue weighted by molar-refractivity contribution is -0.107. The molecule has 1 heterocycles. The number of aldehydes is 1. The summed E-state index contributed by atoms with van der Waals surface area (Å²) in [5.41, 5.74) is 0.932. The van der Waals surface area contributed by atoms with E-state index in [9.17, 15) is 13.2 Å². The molecule has 0 spiro atoms. The van der Waals surface area contributed by atoms with Gasteiger partial charge in [-0.2, -0.15) is 0 Å². The average molecular weight is 519 g/mol. The van der Waals surface area contributed by atoms with Crippen molar-refractivity contribution < 1.29 is 27.2 Å². The van der Waals surface area contributed by atoms with E-state index in [2.05, 4.69) is 30.6 Å². The van der Waals surface area contributed by atoms with Crippen LogP contribution in [0.25, 0.3) is 0 Å². The Morgan fingerprint density at radius 1 is 1.06 bits per heavy atom. The monoisotopic (exact) mass is 518 g/mol. The van der Waals surface area contributed by atoms with Crippen molar-refractivity contribution in [2.24, 2.45) is 0 Å². The molecule has 3 aromatic rings. The minimum atomic E-state index is -3.91. The van der Waals surface area contributed by atoms with Crippen LogP contribution in [0.2, 0.25) is 0 Å². The van der Waals surface area contributed by atoms with Crippen LogP contribution in [-0.4, -0.2) is 34.1 Å². The highest BCUT2D eigenvalue weighted by molar-refractivity contribution is 7.99. The lowest BCUT2D eigenvalue weighted by atomic mass is 9.87. The van der Waals surface area contributed by atoms with Gasteiger partial charge in [0.05, 0.1) is 19.1 Å². The molecule has 188 valence electrons. The van der Waals surface area contributed by atoms with Crippen molar-refractivity contribution in [1.82, 2.24) is 5.16 Å². The number of aryl methyl sites for hydroxylation is 1. The predicted molar refractivity (Wildman–Crippen MR) is 135 cm³/mol. The third kappa shape index (κ3) is 6.58. The van der Waals surface area contributed by atoms with E-state index in [0.29, 0.717) is 41.4 Å². The summed E-state index contributed by atoms with van der Waals surface area (Å²) in [5.74, 6) is 1.70. The molecular formula is C25H30N2O6S2. The summed E-state index contributed by atoms with van der Waals surface area (Å²) in [6.07, 6.45) is 2.19. The van der Waals surface area contributed by atoms with Gasteiger partial charge in [0.2, 0.25) is 0 Å². The Morgan fingerprint density at radius 3 is 2.34 bits per heavy atom. The van der Waals surface area contributed by atoms with E-state index in [1.54, 1.807) is 38.5 Å².